The fourth-order valence-corrected chi connectivity index (χ4v) is 3.97. The Morgan fingerprint density at radius 2 is 1.72 bits per heavy atom. The van der Waals surface area contributed by atoms with Crippen LogP contribution in [0, 0.1) is 0 Å². The van der Waals surface area contributed by atoms with Crippen LogP contribution in [0.1, 0.15) is 36.0 Å². The second-order valence-electron chi connectivity index (χ2n) is 7.36. The molecule has 1 fully saturated rings. The number of methoxy groups -OCH3 is 2. The van der Waals surface area contributed by atoms with E-state index in [9.17, 15) is 5.11 Å². The van der Waals surface area contributed by atoms with Crippen molar-refractivity contribution in [2.45, 2.75) is 37.3 Å². The monoisotopic (exact) mass is 394 g/mol. The number of aliphatic hydroxyl groups excluding tert-OH is 1. The van der Waals surface area contributed by atoms with Gasteiger partial charge in [0.15, 0.2) is 5.82 Å². The lowest BCUT2D eigenvalue weighted by molar-refractivity contribution is 0.163. The fraction of sp³-hybridized carbons (Fsp3) is 0.364. The highest BCUT2D eigenvalue weighted by atomic mass is 16.5. The predicted octanol–water partition coefficient (Wildman–Crippen LogP) is 2.44. The van der Waals surface area contributed by atoms with Crippen LogP contribution in [-0.2, 0) is 6.42 Å². The predicted molar refractivity (Wildman–Crippen MR) is 110 cm³/mol. The summed E-state index contributed by atoms with van der Waals surface area (Å²) in [6.45, 7) is 0. The first kappa shape index (κ1) is 19.4. The number of nitrogens with zero attached hydrogens (tertiary/aromatic N) is 3. The number of hydrogen-bond donors (Lipinski definition) is 2. The van der Waals surface area contributed by atoms with Gasteiger partial charge in [-0.05, 0) is 31.0 Å². The number of rotatable bonds is 6. The molecule has 1 heterocycles. The summed E-state index contributed by atoms with van der Waals surface area (Å²) in [6, 6.07) is 15.3. The van der Waals surface area contributed by atoms with E-state index in [1.165, 1.54) is 0 Å². The number of aliphatic hydroxyl groups is 1. The summed E-state index contributed by atoms with van der Waals surface area (Å²) in [5.74, 6) is 3.03. The molecule has 0 saturated heterocycles. The van der Waals surface area contributed by atoms with E-state index in [-0.39, 0.29) is 12.0 Å². The maximum absolute atomic E-state index is 10.2. The van der Waals surface area contributed by atoms with E-state index in [0.717, 1.165) is 22.8 Å². The number of ether oxygens (including phenoxy) is 2. The minimum absolute atomic E-state index is 0.0313. The number of aromatic nitrogens is 3. The zero-order chi connectivity index (χ0) is 20.4. The summed E-state index contributed by atoms with van der Waals surface area (Å²) in [4.78, 5) is 4.86. The van der Waals surface area contributed by atoms with Gasteiger partial charge in [-0.2, -0.15) is 5.10 Å². The second-order valence-corrected chi connectivity index (χ2v) is 7.36. The van der Waals surface area contributed by atoms with E-state index in [2.05, 4.69) is 0 Å². The molecule has 0 spiro atoms. The maximum Gasteiger partial charge on any atom is 0.155 e. The lowest BCUT2D eigenvalue weighted by Gasteiger charge is -2.13. The molecule has 4 rings (SSSR count). The van der Waals surface area contributed by atoms with E-state index in [1.807, 2.05) is 53.2 Å². The molecule has 3 N–H and O–H groups in total. The average molecular weight is 394 g/mol. The minimum Gasteiger partial charge on any atom is -0.496 e. The van der Waals surface area contributed by atoms with E-state index in [1.54, 1.807) is 14.2 Å². The third-order valence-electron chi connectivity index (χ3n) is 5.47. The van der Waals surface area contributed by atoms with Gasteiger partial charge in [-0.1, -0.05) is 30.3 Å². The molecule has 3 atom stereocenters. The molecule has 0 radical (unpaired) electrons. The van der Waals surface area contributed by atoms with Gasteiger partial charge >= 0.3 is 0 Å². The van der Waals surface area contributed by atoms with Gasteiger partial charge in [0.1, 0.15) is 23.0 Å². The highest BCUT2D eigenvalue weighted by Gasteiger charge is 2.35. The van der Waals surface area contributed by atoms with Crippen LogP contribution < -0.4 is 15.2 Å². The standard InChI is InChI=1S/C22H26N4O3/c1-28-19-9-5-3-7-14(19)13-21-24-22(15-11-16(23)18(27)12-15)26(25-21)17-8-4-6-10-20(17)29-2/h3-10,15-16,18,27H,11-13,23H2,1-2H3/t15-,16+,18+/m0/s1. The van der Waals surface area contributed by atoms with Crippen LogP contribution in [0.2, 0.25) is 0 Å². The van der Waals surface area contributed by atoms with Gasteiger partial charge in [-0.15, -0.1) is 0 Å². The maximum atomic E-state index is 10.2. The lowest BCUT2D eigenvalue weighted by atomic mass is 10.1. The first-order valence-electron chi connectivity index (χ1n) is 9.75. The van der Waals surface area contributed by atoms with E-state index >= 15 is 0 Å². The molecule has 0 amide bonds. The van der Waals surface area contributed by atoms with Gasteiger partial charge in [0.25, 0.3) is 0 Å². The molecule has 7 heteroatoms. The van der Waals surface area contributed by atoms with E-state index < -0.39 is 6.10 Å². The van der Waals surface area contributed by atoms with Crippen LogP contribution in [0.15, 0.2) is 48.5 Å². The first-order chi connectivity index (χ1) is 14.1. The van der Waals surface area contributed by atoms with E-state index in [0.29, 0.717) is 30.8 Å². The zero-order valence-electron chi connectivity index (χ0n) is 16.7. The fourth-order valence-electron chi connectivity index (χ4n) is 3.97. The number of nitrogens with two attached hydrogens (primary N) is 1. The summed E-state index contributed by atoms with van der Waals surface area (Å²) >= 11 is 0. The van der Waals surface area contributed by atoms with Crippen LogP contribution in [0.3, 0.4) is 0 Å². The summed E-state index contributed by atoms with van der Waals surface area (Å²) in [5, 5.41) is 15.0. The Hall–Kier alpha value is -2.90. The second kappa shape index (κ2) is 8.23. The molecule has 152 valence electrons. The molecule has 7 nitrogen and oxygen atoms in total. The van der Waals surface area contributed by atoms with Crippen LogP contribution in [-0.4, -0.2) is 46.2 Å². The van der Waals surface area contributed by atoms with Gasteiger partial charge in [0.05, 0.1) is 20.3 Å². The Kier molecular flexibility index (Phi) is 5.51. The molecule has 2 aromatic carbocycles. The zero-order valence-corrected chi connectivity index (χ0v) is 16.7. The van der Waals surface area contributed by atoms with Crippen LogP contribution in [0.25, 0.3) is 5.69 Å². The molecule has 0 unspecified atom stereocenters. The van der Waals surface area contributed by atoms with Crippen LogP contribution in [0.5, 0.6) is 11.5 Å². The molecule has 1 aromatic heterocycles. The third-order valence-corrected chi connectivity index (χ3v) is 5.47. The summed E-state index contributed by atoms with van der Waals surface area (Å²) < 4.78 is 12.8. The van der Waals surface area contributed by atoms with Crippen molar-refractivity contribution in [3.8, 4) is 17.2 Å². The van der Waals surface area contributed by atoms with Crippen molar-refractivity contribution >= 4 is 0 Å². The van der Waals surface area contributed by atoms with Gasteiger partial charge in [0.2, 0.25) is 0 Å². The molecule has 1 aliphatic carbocycles. The largest absolute Gasteiger partial charge is 0.496 e. The lowest BCUT2D eigenvalue weighted by Crippen LogP contribution is -2.28. The Morgan fingerprint density at radius 3 is 2.41 bits per heavy atom. The molecule has 29 heavy (non-hydrogen) atoms. The Bertz CT molecular complexity index is 978. The molecule has 1 saturated carbocycles. The topological polar surface area (TPSA) is 95.4 Å². The summed E-state index contributed by atoms with van der Waals surface area (Å²) in [6.07, 6.45) is 1.26. The van der Waals surface area contributed by atoms with Crippen LogP contribution >= 0.6 is 0 Å². The van der Waals surface area contributed by atoms with E-state index in [4.69, 9.17) is 25.3 Å². The van der Waals surface area contributed by atoms with Gasteiger partial charge in [-0.25, -0.2) is 9.67 Å². The van der Waals surface area contributed by atoms with Crippen molar-refractivity contribution < 1.29 is 14.6 Å². The molecule has 0 bridgehead atoms. The summed E-state index contributed by atoms with van der Waals surface area (Å²) in [5.41, 5.74) is 7.90. The highest BCUT2D eigenvalue weighted by molar-refractivity contribution is 5.47. The van der Waals surface area contributed by atoms with Crippen molar-refractivity contribution in [1.29, 1.82) is 0 Å². The smallest absolute Gasteiger partial charge is 0.155 e. The van der Waals surface area contributed by atoms with Crippen molar-refractivity contribution in [2.75, 3.05) is 14.2 Å². The van der Waals surface area contributed by atoms with Gasteiger partial charge < -0.3 is 20.3 Å². The Balaban J connectivity index is 1.76. The molecular formula is C22H26N4O3. The number of benzene rings is 2. The average Bonchev–Trinajstić information content (AvgIpc) is 3.31. The SMILES string of the molecule is COc1ccccc1Cc1nc([C@H]2C[C@@H](N)[C@H](O)C2)n(-c2ccccc2OC)n1. The Labute approximate surface area is 170 Å². The molecular weight excluding hydrogens is 368 g/mol. The molecule has 1 aliphatic rings. The number of para-hydroxylation sites is 3. The quantitative estimate of drug-likeness (QED) is 0.667. The van der Waals surface area contributed by atoms with Crippen molar-refractivity contribution in [3.05, 3.63) is 65.7 Å². The minimum atomic E-state index is -0.527. The first-order valence-corrected chi connectivity index (χ1v) is 9.75. The van der Waals surface area contributed by atoms with Crippen molar-refractivity contribution in [3.63, 3.8) is 0 Å². The summed E-state index contributed by atoms with van der Waals surface area (Å²) in [7, 11) is 3.30. The van der Waals surface area contributed by atoms with Crippen LogP contribution in [0.4, 0.5) is 0 Å². The Morgan fingerprint density at radius 1 is 1.03 bits per heavy atom. The third kappa shape index (κ3) is 3.83. The highest BCUT2D eigenvalue weighted by Crippen LogP contribution is 2.35. The normalized spacial score (nSPS) is 21.3. The van der Waals surface area contributed by atoms with Gasteiger partial charge in [-0.3, -0.25) is 0 Å². The van der Waals surface area contributed by atoms with Crippen molar-refractivity contribution in [2.24, 2.45) is 5.73 Å². The van der Waals surface area contributed by atoms with Crippen molar-refractivity contribution in [1.82, 2.24) is 14.8 Å². The molecule has 3 aromatic rings. The number of hydrogen-bond acceptors (Lipinski definition) is 6. The van der Waals surface area contributed by atoms with Gasteiger partial charge in [0, 0.05) is 23.9 Å². The molecule has 0 aliphatic heterocycles.